The number of carbonyl (C=O) groups is 1. The van der Waals surface area contributed by atoms with Gasteiger partial charge in [0, 0.05) is 47.7 Å². The van der Waals surface area contributed by atoms with Crippen LogP contribution in [0.1, 0.15) is 35.3 Å². The van der Waals surface area contributed by atoms with Gasteiger partial charge in [0.05, 0.1) is 4.90 Å². The first kappa shape index (κ1) is 27.1. The molecule has 0 saturated carbocycles. The zero-order valence-electron chi connectivity index (χ0n) is 22.6. The van der Waals surface area contributed by atoms with Gasteiger partial charge in [0.25, 0.3) is 5.91 Å². The fraction of sp³-hybridized carbons (Fsp3) is 0.281. The van der Waals surface area contributed by atoms with Gasteiger partial charge in [-0.15, -0.1) is 0 Å². The van der Waals surface area contributed by atoms with E-state index in [0.717, 1.165) is 25.2 Å². The van der Waals surface area contributed by atoms with Crippen molar-refractivity contribution in [3.8, 4) is 0 Å². The monoisotopic (exact) mass is 541 g/mol. The molecule has 0 aromatic heterocycles. The van der Waals surface area contributed by atoms with E-state index in [9.17, 15) is 13.2 Å². The van der Waals surface area contributed by atoms with Crippen LogP contribution in [-0.4, -0.2) is 38.4 Å². The van der Waals surface area contributed by atoms with Gasteiger partial charge < -0.3 is 5.32 Å². The van der Waals surface area contributed by atoms with Crippen molar-refractivity contribution in [3.63, 3.8) is 0 Å². The molecular weight excluding hydrogens is 506 g/mol. The molecule has 2 atom stereocenters. The van der Waals surface area contributed by atoms with Crippen LogP contribution in [0.25, 0.3) is 10.8 Å². The number of aryl methyl sites for hydroxylation is 1. The van der Waals surface area contributed by atoms with E-state index < -0.39 is 10.0 Å². The summed E-state index contributed by atoms with van der Waals surface area (Å²) in [6.45, 7) is 8.61. The molecule has 4 aromatic carbocycles. The van der Waals surface area contributed by atoms with Crippen LogP contribution in [0.2, 0.25) is 0 Å². The van der Waals surface area contributed by atoms with Crippen LogP contribution < -0.4 is 10.0 Å². The van der Waals surface area contributed by atoms with E-state index in [1.165, 1.54) is 5.56 Å². The highest BCUT2D eigenvalue weighted by Crippen LogP contribution is 2.32. The fourth-order valence-electron chi connectivity index (χ4n) is 5.75. The van der Waals surface area contributed by atoms with Crippen molar-refractivity contribution in [2.45, 2.75) is 38.3 Å². The maximum absolute atomic E-state index is 13.8. The Kier molecular flexibility index (Phi) is 7.84. The minimum Gasteiger partial charge on any atom is -0.321 e. The minimum atomic E-state index is -3.81. The normalized spacial score (nSPS) is 18.7. The maximum atomic E-state index is 13.8. The molecule has 0 aliphatic carbocycles. The average Bonchev–Trinajstić information content (AvgIpc) is 2.91. The summed E-state index contributed by atoms with van der Waals surface area (Å²) in [4.78, 5) is 15.6. The Bertz CT molecular complexity index is 1580. The summed E-state index contributed by atoms with van der Waals surface area (Å²) in [6.07, 6.45) is 0. The summed E-state index contributed by atoms with van der Waals surface area (Å²) in [5, 5.41) is 4.24. The predicted molar refractivity (Wildman–Crippen MR) is 157 cm³/mol. The van der Waals surface area contributed by atoms with Crippen LogP contribution in [0.4, 0.5) is 5.69 Å². The van der Waals surface area contributed by atoms with Crippen molar-refractivity contribution in [1.29, 1.82) is 0 Å². The number of fused-ring (bicyclic) bond motifs is 1. The van der Waals surface area contributed by atoms with E-state index in [1.54, 1.807) is 24.3 Å². The topological polar surface area (TPSA) is 78.5 Å². The quantitative estimate of drug-likeness (QED) is 0.308. The first-order valence-corrected chi connectivity index (χ1v) is 14.9. The lowest BCUT2D eigenvalue weighted by atomic mass is 9.86. The molecule has 6 nitrogen and oxygen atoms in total. The largest absolute Gasteiger partial charge is 0.321 e. The molecule has 1 aliphatic heterocycles. The van der Waals surface area contributed by atoms with Crippen molar-refractivity contribution >= 4 is 32.4 Å². The second-order valence-corrected chi connectivity index (χ2v) is 12.4. The highest BCUT2D eigenvalue weighted by molar-refractivity contribution is 7.89. The van der Waals surface area contributed by atoms with Crippen molar-refractivity contribution in [3.05, 3.63) is 108 Å². The summed E-state index contributed by atoms with van der Waals surface area (Å²) in [5.74, 6) is 0.0641. The smallest absolute Gasteiger partial charge is 0.255 e. The van der Waals surface area contributed by atoms with E-state index in [-0.39, 0.29) is 28.7 Å². The molecule has 0 bridgehead atoms. The molecule has 1 amide bonds. The second kappa shape index (κ2) is 11.3. The van der Waals surface area contributed by atoms with E-state index in [0.29, 0.717) is 22.0 Å². The number of anilines is 1. The van der Waals surface area contributed by atoms with E-state index in [1.807, 2.05) is 61.5 Å². The Hall–Kier alpha value is -3.52. The Morgan fingerprint density at radius 3 is 2.13 bits per heavy atom. The summed E-state index contributed by atoms with van der Waals surface area (Å²) < 4.78 is 30.6. The van der Waals surface area contributed by atoms with E-state index >= 15 is 0 Å². The number of carbonyl (C=O) groups excluding carboxylic acids is 1. The first-order chi connectivity index (χ1) is 18.7. The lowest BCUT2D eigenvalue weighted by Gasteiger charge is -2.41. The number of sulfonamides is 1. The number of hydrogen-bond acceptors (Lipinski definition) is 4. The highest BCUT2D eigenvalue weighted by atomic mass is 32.2. The molecular formula is C32H35N3O3S. The Morgan fingerprint density at radius 1 is 0.821 bits per heavy atom. The molecule has 1 saturated heterocycles. The number of hydrogen-bond donors (Lipinski definition) is 2. The number of benzene rings is 4. The standard InChI is InChI=1S/C32H35N3O3S/c1-22-11-7-8-14-26(22)32(36)33-29-17-18-30(28-16-10-9-15-27(28)29)39(37,38)34-31-23(2)19-35(20-24(31)3)21-25-12-5-4-6-13-25/h4-18,23-24,31,34H,19-21H2,1-3H3,(H,33,36)/t23-,24-/m0/s1. The molecule has 1 aliphatic rings. The van der Waals surface area contributed by atoms with Crippen LogP contribution in [0.3, 0.4) is 0 Å². The number of amides is 1. The lowest BCUT2D eigenvalue weighted by Crippen LogP contribution is -2.54. The van der Waals surface area contributed by atoms with Crippen LogP contribution >= 0.6 is 0 Å². The third kappa shape index (κ3) is 5.91. The third-order valence-electron chi connectivity index (χ3n) is 7.67. The predicted octanol–water partition coefficient (Wildman–Crippen LogP) is 5.84. The molecule has 1 heterocycles. The van der Waals surface area contributed by atoms with Crippen molar-refractivity contribution < 1.29 is 13.2 Å². The molecule has 0 unspecified atom stereocenters. The fourth-order valence-corrected chi connectivity index (χ4v) is 7.42. The number of piperidine rings is 1. The number of nitrogens with one attached hydrogen (secondary N) is 2. The van der Waals surface area contributed by atoms with Crippen LogP contribution in [0.5, 0.6) is 0 Å². The summed E-state index contributed by atoms with van der Waals surface area (Å²) >= 11 is 0. The molecule has 0 radical (unpaired) electrons. The van der Waals surface area contributed by atoms with Crippen molar-refractivity contribution in [2.75, 3.05) is 18.4 Å². The third-order valence-corrected chi connectivity index (χ3v) is 9.19. The molecule has 7 heteroatoms. The van der Waals surface area contributed by atoms with Gasteiger partial charge in [-0.25, -0.2) is 13.1 Å². The highest BCUT2D eigenvalue weighted by Gasteiger charge is 2.35. The maximum Gasteiger partial charge on any atom is 0.255 e. The van der Waals surface area contributed by atoms with Crippen LogP contribution in [0, 0.1) is 18.8 Å². The van der Waals surface area contributed by atoms with E-state index in [4.69, 9.17) is 0 Å². The summed E-state index contributed by atoms with van der Waals surface area (Å²) in [6, 6.07) is 28.2. The van der Waals surface area contributed by atoms with Gasteiger partial charge in [-0.2, -0.15) is 0 Å². The van der Waals surface area contributed by atoms with Crippen LogP contribution in [-0.2, 0) is 16.6 Å². The van der Waals surface area contributed by atoms with Gasteiger partial charge in [0.2, 0.25) is 10.0 Å². The Morgan fingerprint density at radius 2 is 1.44 bits per heavy atom. The van der Waals surface area contributed by atoms with Gasteiger partial charge in [-0.3, -0.25) is 9.69 Å². The van der Waals surface area contributed by atoms with Crippen molar-refractivity contribution in [2.24, 2.45) is 11.8 Å². The lowest BCUT2D eigenvalue weighted by molar-refractivity contribution is 0.102. The van der Waals surface area contributed by atoms with Gasteiger partial charge in [-0.05, 0) is 48.1 Å². The zero-order valence-corrected chi connectivity index (χ0v) is 23.4. The molecule has 5 rings (SSSR count). The molecule has 0 spiro atoms. The van der Waals surface area contributed by atoms with Gasteiger partial charge in [-0.1, -0.05) is 86.6 Å². The van der Waals surface area contributed by atoms with Crippen LogP contribution in [0.15, 0.2) is 95.9 Å². The van der Waals surface area contributed by atoms with E-state index in [2.05, 4.69) is 40.9 Å². The van der Waals surface area contributed by atoms with Gasteiger partial charge in [0.1, 0.15) is 0 Å². The first-order valence-electron chi connectivity index (χ1n) is 13.4. The second-order valence-electron chi connectivity index (χ2n) is 10.7. The van der Waals surface area contributed by atoms with Gasteiger partial charge in [0.15, 0.2) is 0 Å². The summed E-state index contributed by atoms with van der Waals surface area (Å²) in [7, 11) is -3.81. The number of nitrogens with zero attached hydrogens (tertiary/aromatic N) is 1. The Balaban J connectivity index is 1.37. The molecule has 4 aromatic rings. The molecule has 1 fully saturated rings. The molecule has 2 N–H and O–H groups in total. The minimum absolute atomic E-state index is 0.145. The number of likely N-dealkylation sites (tertiary alicyclic amines) is 1. The Labute approximate surface area is 231 Å². The number of rotatable bonds is 7. The SMILES string of the molecule is Cc1ccccc1C(=O)Nc1ccc(S(=O)(=O)NC2[C@@H](C)CN(Cc3ccccc3)C[C@@H]2C)c2ccccc12. The molecule has 39 heavy (non-hydrogen) atoms. The zero-order chi connectivity index (χ0) is 27.6. The van der Waals surface area contributed by atoms with Crippen molar-refractivity contribution in [1.82, 2.24) is 9.62 Å². The summed E-state index contributed by atoms with van der Waals surface area (Å²) in [5.41, 5.74) is 3.30. The average molecular weight is 542 g/mol. The van der Waals surface area contributed by atoms with Gasteiger partial charge >= 0.3 is 0 Å². The molecule has 202 valence electrons.